The molecule has 4 rings (SSSR count). The fourth-order valence-corrected chi connectivity index (χ4v) is 5.42. The molecule has 3 heterocycles. The second kappa shape index (κ2) is 10.3. The number of amides is 1. The molecule has 1 saturated heterocycles. The first-order valence-corrected chi connectivity index (χ1v) is 13.4. The van der Waals surface area contributed by atoms with Crippen LogP contribution in [0, 0.1) is 5.92 Å². The molecule has 1 fully saturated rings. The molecular formula is C22H28ClN7O3S. The van der Waals surface area contributed by atoms with Crippen LogP contribution in [0.2, 0.25) is 5.02 Å². The molecule has 2 aromatic rings. The van der Waals surface area contributed by atoms with Crippen LogP contribution in [0.4, 0.5) is 11.5 Å². The van der Waals surface area contributed by atoms with Gasteiger partial charge in [0.05, 0.1) is 11.9 Å². The molecule has 2 aliphatic rings. The number of hydrogen-bond donors (Lipinski definition) is 3. The summed E-state index contributed by atoms with van der Waals surface area (Å²) in [6.45, 7) is 0.829. The molecule has 0 radical (unpaired) electrons. The van der Waals surface area contributed by atoms with Gasteiger partial charge in [0.25, 0.3) is 0 Å². The molecule has 0 aliphatic carbocycles. The van der Waals surface area contributed by atoms with Crippen molar-refractivity contribution in [3.63, 3.8) is 0 Å². The zero-order chi connectivity index (χ0) is 24.3. The topological polar surface area (TPSA) is 143 Å². The summed E-state index contributed by atoms with van der Waals surface area (Å²) in [5.74, 6) is 5.58. The van der Waals surface area contributed by atoms with E-state index < -0.39 is 10.0 Å². The van der Waals surface area contributed by atoms with Crippen LogP contribution in [0.1, 0.15) is 36.4 Å². The minimum absolute atomic E-state index is 0.115. The molecule has 4 N–H and O–H groups in total. The second-order valence-electron chi connectivity index (χ2n) is 8.61. The Morgan fingerprint density at radius 2 is 2.06 bits per heavy atom. The number of aliphatic imine (C=N–C) groups is 1. The molecule has 1 aromatic carbocycles. The van der Waals surface area contributed by atoms with Crippen LogP contribution in [0.5, 0.6) is 0 Å². The van der Waals surface area contributed by atoms with Crippen LogP contribution in [0.25, 0.3) is 0 Å². The number of fused-ring (bicyclic) bond motifs is 1. The molecule has 0 spiro atoms. The normalized spacial score (nSPS) is 20.7. The number of nitrogens with zero attached hydrogens (tertiary/aromatic N) is 4. The predicted octanol–water partition coefficient (Wildman–Crippen LogP) is 1.69. The van der Waals surface area contributed by atoms with Crippen LogP contribution in [0.15, 0.2) is 35.6 Å². The minimum Gasteiger partial charge on any atom is -0.351 e. The van der Waals surface area contributed by atoms with Crippen molar-refractivity contribution in [3.8, 4) is 0 Å². The van der Waals surface area contributed by atoms with Crippen LogP contribution in [-0.4, -0.2) is 55.9 Å². The van der Waals surface area contributed by atoms with Crippen molar-refractivity contribution in [3.05, 3.63) is 46.9 Å². The third-order valence-corrected chi connectivity index (χ3v) is 7.38. The number of halogens is 1. The Morgan fingerprint density at radius 1 is 1.29 bits per heavy atom. The van der Waals surface area contributed by atoms with Gasteiger partial charge in [0.1, 0.15) is 12.0 Å². The predicted molar refractivity (Wildman–Crippen MR) is 132 cm³/mol. The third-order valence-electron chi connectivity index (χ3n) is 6.40. The van der Waals surface area contributed by atoms with Crippen molar-refractivity contribution in [1.29, 1.82) is 0 Å². The Morgan fingerprint density at radius 3 is 2.76 bits per heavy atom. The number of hydrogen-bond acceptors (Lipinski definition) is 8. The molecule has 0 saturated carbocycles. The zero-order valence-corrected chi connectivity index (χ0v) is 20.4. The van der Waals surface area contributed by atoms with Crippen molar-refractivity contribution in [2.45, 2.75) is 37.6 Å². The maximum Gasteiger partial charge on any atom is 0.237 e. The number of piperidine rings is 1. The maximum absolute atomic E-state index is 12.5. The van der Waals surface area contributed by atoms with Crippen molar-refractivity contribution in [2.75, 3.05) is 24.2 Å². The smallest absolute Gasteiger partial charge is 0.237 e. The first-order chi connectivity index (χ1) is 16.3. The summed E-state index contributed by atoms with van der Waals surface area (Å²) in [4.78, 5) is 28.1. The molecule has 1 aromatic heterocycles. The molecular weight excluding hydrogens is 478 g/mol. The van der Waals surface area contributed by atoms with Gasteiger partial charge in [-0.1, -0.05) is 23.7 Å². The lowest BCUT2D eigenvalue weighted by atomic mass is 9.79. The zero-order valence-electron chi connectivity index (χ0n) is 18.8. The van der Waals surface area contributed by atoms with Crippen LogP contribution in [0.3, 0.4) is 0 Å². The minimum atomic E-state index is -3.35. The van der Waals surface area contributed by atoms with Gasteiger partial charge in [0.15, 0.2) is 5.82 Å². The molecule has 34 heavy (non-hydrogen) atoms. The van der Waals surface area contributed by atoms with E-state index in [0.29, 0.717) is 37.3 Å². The maximum atomic E-state index is 12.5. The lowest BCUT2D eigenvalue weighted by Gasteiger charge is -2.44. The first kappa shape index (κ1) is 24.5. The van der Waals surface area contributed by atoms with E-state index in [1.807, 2.05) is 30.5 Å². The van der Waals surface area contributed by atoms with Gasteiger partial charge in [-0.25, -0.2) is 29.0 Å². The Balaban J connectivity index is 1.73. The first-order valence-electron chi connectivity index (χ1n) is 11.1. The lowest BCUT2D eigenvalue weighted by Crippen LogP contribution is -2.50. The number of nitrogens with two attached hydrogens (primary N) is 1. The van der Waals surface area contributed by atoms with Gasteiger partial charge in [0, 0.05) is 48.6 Å². The van der Waals surface area contributed by atoms with E-state index in [0.717, 1.165) is 29.0 Å². The molecule has 12 heteroatoms. The van der Waals surface area contributed by atoms with Gasteiger partial charge in [-0.3, -0.25) is 15.2 Å². The highest BCUT2D eigenvalue weighted by Gasteiger charge is 2.39. The summed E-state index contributed by atoms with van der Waals surface area (Å²) in [5.41, 5.74) is 4.90. The highest BCUT2D eigenvalue weighted by atomic mass is 35.5. The van der Waals surface area contributed by atoms with E-state index in [4.69, 9.17) is 17.4 Å². The van der Waals surface area contributed by atoms with Crippen LogP contribution in [-0.2, 0) is 21.2 Å². The van der Waals surface area contributed by atoms with Crippen molar-refractivity contribution in [2.24, 2.45) is 16.8 Å². The van der Waals surface area contributed by atoms with E-state index in [1.165, 1.54) is 0 Å². The summed E-state index contributed by atoms with van der Waals surface area (Å²) in [6, 6.07) is 7.37. The van der Waals surface area contributed by atoms with Gasteiger partial charge in [-0.05, 0) is 37.0 Å². The van der Waals surface area contributed by atoms with Gasteiger partial charge >= 0.3 is 0 Å². The fraction of sp³-hybridized carbons (Fsp3) is 0.455. The monoisotopic (exact) mass is 505 g/mol. The van der Waals surface area contributed by atoms with E-state index >= 15 is 0 Å². The number of carbonyl (C=O) groups is 1. The summed E-state index contributed by atoms with van der Waals surface area (Å²) in [5, 5.41) is 0.612. The summed E-state index contributed by atoms with van der Waals surface area (Å²) >= 11 is 6.14. The van der Waals surface area contributed by atoms with Crippen molar-refractivity contribution < 1.29 is 13.2 Å². The number of aromatic nitrogens is 2. The molecule has 182 valence electrons. The van der Waals surface area contributed by atoms with E-state index in [-0.39, 0.29) is 30.3 Å². The number of sulfonamides is 1. The molecule has 3 atom stereocenters. The second-order valence-corrected chi connectivity index (χ2v) is 10.9. The molecule has 1 amide bonds. The third kappa shape index (κ3) is 5.54. The van der Waals surface area contributed by atoms with E-state index in [1.54, 1.807) is 6.33 Å². The largest absolute Gasteiger partial charge is 0.351 e. The summed E-state index contributed by atoms with van der Waals surface area (Å²) < 4.78 is 26.0. The number of carbonyl (C=O) groups excluding carboxylic acids is 1. The highest BCUT2D eigenvalue weighted by molar-refractivity contribution is 7.88. The van der Waals surface area contributed by atoms with Crippen molar-refractivity contribution >= 4 is 45.3 Å². The van der Waals surface area contributed by atoms with Crippen LogP contribution < -0.4 is 20.9 Å². The number of nitrogens with one attached hydrogen (secondary N) is 2. The number of hydrazine groups is 1. The van der Waals surface area contributed by atoms with Crippen LogP contribution >= 0.6 is 11.6 Å². The fourth-order valence-electron chi connectivity index (χ4n) is 4.81. The lowest BCUT2D eigenvalue weighted by molar-refractivity contribution is -0.126. The van der Waals surface area contributed by atoms with Gasteiger partial charge in [0.2, 0.25) is 15.9 Å². The Kier molecular flexibility index (Phi) is 7.46. The van der Waals surface area contributed by atoms with Gasteiger partial charge in [-0.15, -0.1) is 0 Å². The average molecular weight is 506 g/mol. The Bertz CT molecular complexity index is 1170. The van der Waals surface area contributed by atoms with Gasteiger partial charge in [-0.2, -0.15) is 0 Å². The average Bonchev–Trinajstić information content (AvgIpc) is 3.30. The summed E-state index contributed by atoms with van der Waals surface area (Å²) in [7, 11) is -3.35. The molecule has 0 bridgehead atoms. The standard InChI is InChI=1S/C22H28ClN7O3S/c1-34(32,33)28-10-6-17(14-2-4-16(23)5-3-14)19-12-15(22(31)29-24)8-11-30(19)21-20-18(7-9-25-20)26-13-27-21/h2-5,9,13,15,17,19,28H,6-8,10-12,24H2,1H3,(H,29,31). The van der Waals surface area contributed by atoms with E-state index in [2.05, 4.69) is 30.0 Å². The Hall–Kier alpha value is -2.60. The SMILES string of the molecule is CS(=O)(=O)NCCC(c1ccc(Cl)cc1)C1CC(C(=O)NN)CCN1c1ncnc2c1N=CC2. The number of benzene rings is 1. The molecule has 10 nitrogen and oxygen atoms in total. The quantitative estimate of drug-likeness (QED) is 0.281. The number of anilines is 1. The molecule has 3 unspecified atom stereocenters. The van der Waals surface area contributed by atoms with Gasteiger partial charge < -0.3 is 4.90 Å². The Labute approximate surface area is 204 Å². The van der Waals surface area contributed by atoms with Crippen molar-refractivity contribution in [1.82, 2.24) is 20.1 Å². The van der Waals surface area contributed by atoms with E-state index in [9.17, 15) is 13.2 Å². The molecule has 2 aliphatic heterocycles. The number of rotatable bonds is 8. The highest BCUT2D eigenvalue weighted by Crippen LogP contribution is 2.41. The summed E-state index contributed by atoms with van der Waals surface area (Å²) in [6.07, 6.45) is 6.81.